The molecule has 1 aliphatic carbocycles. The molecular weight excluding hydrogens is 478 g/mol. The average Bonchev–Trinajstić information content (AvgIpc) is 3.59. The van der Waals surface area contributed by atoms with Crippen LogP contribution in [0.15, 0.2) is 72.8 Å². The van der Waals surface area contributed by atoms with Crippen molar-refractivity contribution in [3.63, 3.8) is 0 Å². The van der Waals surface area contributed by atoms with E-state index in [9.17, 15) is 24.5 Å². The van der Waals surface area contributed by atoms with E-state index in [4.69, 9.17) is 0 Å². The molecular formula is C27H19N3O5S. The third kappa shape index (κ3) is 2.24. The zero-order valence-electron chi connectivity index (χ0n) is 18.8. The number of fused-ring (bicyclic) bond motifs is 6. The summed E-state index contributed by atoms with van der Waals surface area (Å²) >= 11 is 1.63. The number of para-hydroxylation sites is 1. The quantitative estimate of drug-likeness (QED) is 0.324. The number of hydrogen-bond donors (Lipinski definition) is 1. The van der Waals surface area contributed by atoms with Crippen molar-refractivity contribution in [2.45, 2.75) is 17.5 Å². The number of carbonyl (C=O) groups is 3. The van der Waals surface area contributed by atoms with E-state index in [1.165, 1.54) is 12.1 Å². The van der Waals surface area contributed by atoms with Crippen LogP contribution in [-0.4, -0.2) is 45.0 Å². The number of thioether (sulfide) groups is 1. The van der Waals surface area contributed by atoms with E-state index in [1.54, 1.807) is 60.3 Å². The smallest absolute Gasteiger partial charge is 0.269 e. The van der Waals surface area contributed by atoms with Gasteiger partial charge in [-0.3, -0.25) is 29.4 Å². The topological polar surface area (TPSA) is 110 Å². The fourth-order valence-electron chi connectivity index (χ4n) is 7.06. The first-order chi connectivity index (χ1) is 17.4. The van der Waals surface area contributed by atoms with Crippen LogP contribution in [0.4, 0.5) is 11.4 Å². The van der Waals surface area contributed by atoms with Crippen LogP contribution in [-0.2, 0) is 10.3 Å². The lowest BCUT2D eigenvalue weighted by Gasteiger charge is -2.42. The molecule has 36 heavy (non-hydrogen) atoms. The van der Waals surface area contributed by atoms with Gasteiger partial charge in [-0.2, -0.15) is 0 Å². The van der Waals surface area contributed by atoms with Gasteiger partial charge in [0.1, 0.15) is 5.41 Å². The van der Waals surface area contributed by atoms with Crippen molar-refractivity contribution in [1.82, 2.24) is 4.90 Å². The number of carbonyl (C=O) groups excluding carboxylic acids is 3. The molecule has 8 nitrogen and oxygen atoms in total. The SMILES string of the molecule is O=C1c2ccccc2C(=O)C12[C@@H](c1cccc([N+](=O)[O-])c1)[C@@H]1CSCN1[C@@]21C(=O)Nc2ccccc21. The van der Waals surface area contributed by atoms with Gasteiger partial charge in [0.05, 0.1) is 4.92 Å². The summed E-state index contributed by atoms with van der Waals surface area (Å²) in [7, 11) is 0. The Kier molecular flexibility index (Phi) is 4.24. The molecule has 0 bridgehead atoms. The number of nitrogens with zero attached hydrogens (tertiary/aromatic N) is 2. The molecule has 1 amide bonds. The molecule has 9 heteroatoms. The highest BCUT2D eigenvalue weighted by Crippen LogP contribution is 2.70. The Balaban J connectivity index is 1.61. The van der Waals surface area contributed by atoms with Gasteiger partial charge in [-0.15, -0.1) is 11.8 Å². The average molecular weight is 498 g/mol. The number of rotatable bonds is 2. The molecule has 0 aromatic heterocycles. The van der Waals surface area contributed by atoms with E-state index >= 15 is 0 Å². The molecule has 4 aliphatic rings. The summed E-state index contributed by atoms with van der Waals surface area (Å²) in [5.41, 5.74) is -1.20. The number of Topliss-reactive ketones (excluding diaryl/α,β-unsaturated/α-hetero) is 2. The Morgan fingerprint density at radius 3 is 2.36 bits per heavy atom. The second-order valence-corrected chi connectivity index (χ2v) is 10.6. The molecule has 2 spiro atoms. The monoisotopic (exact) mass is 497 g/mol. The van der Waals surface area contributed by atoms with E-state index in [0.717, 1.165) is 0 Å². The number of nitro groups is 1. The van der Waals surface area contributed by atoms with E-state index < -0.39 is 39.3 Å². The van der Waals surface area contributed by atoms with Crippen molar-refractivity contribution >= 4 is 40.6 Å². The van der Waals surface area contributed by atoms with Crippen molar-refractivity contribution in [3.8, 4) is 0 Å². The van der Waals surface area contributed by atoms with Gasteiger partial charge in [-0.25, -0.2) is 0 Å². The summed E-state index contributed by atoms with van der Waals surface area (Å²) in [6.45, 7) is 0. The highest BCUT2D eigenvalue weighted by Gasteiger charge is 2.82. The van der Waals surface area contributed by atoms with Gasteiger partial charge >= 0.3 is 0 Å². The molecule has 3 aromatic rings. The number of non-ortho nitro benzene ring substituents is 1. The van der Waals surface area contributed by atoms with Crippen LogP contribution in [0.3, 0.4) is 0 Å². The number of nitrogens with one attached hydrogen (secondary N) is 1. The summed E-state index contributed by atoms with van der Waals surface area (Å²) in [5, 5.41) is 14.6. The molecule has 0 unspecified atom stereocenters. The summed E-state index contributed by atoms with van der Waals surface area (Å²) in [5.74, 6) is -0.910. The largest absolute Gasteiger partial charge is 0.324 e. The van der Waals surface area contributed by atoms with Crippen molar-refractivity contribution < 1.29 is 19.3 Å². The van der Waals surface area contributed by atoms with E-state index in [1.807, 2.05) is 17.0 Å². The summed E-state index contributed by atoms with van der Waals surface area (Å²) < 4.78 is 0. The first-order valence-corrected chi connectivity index (χ1v) is 12.8. The fourth-order valence-corrected chi connectivity index (χ4v) is 8.36. The number of nitro benzene ring substituents is 1. The van der Waals surface area contributed by atoms with Crippen LogP contribution < -0.4 is 5.32 Å². The molecule has 1 N–H and O–H groups in total. The third-order valence-electron chi connectivity index (χ3n) is 8.24. The fraction of sp³-hybridized carbons (Fsp3) is 0.222. The Labute approximate surface area is 209 Å². The normalized spacial score (nSPS) is 27.4. The van der Waals surface area contributed by atoms with E-state index in [-0.39, 0.29) is 11.7 Å². The molecule has 0 saturated carbocycles. The number of benzene rings is 3. The molecule has 3 aliphatic heterocycles. The predicted molar refractivity (Wildman–Crippen MR) is 133 cm³/mol. The predicted octanol–water partition coefficient (Wildman–Crippen LogP) is 3.98. The summed E-state index contributed by atoms with van der Waals surface area (Å²) in [6, 6.07) is 19.7. The lowest BCUT2D eigenvalue weighted by Crippen LogP contribution is -2.60. The molecule has 7 rings (SSSR count). The van der Waals surface area contributed by atoms with Gasteiger partial charge in [0, 0.05) is 58.1 Å². The minimum absolute atomic E-state index is 0.118. The van der Waals surface area contributed by atoms with Crippen molar-refractivity contribution in [2.75, 3.05) is 16.9 Å². The second-order valence-electron chi connectivity index (χ2n) is 9.59. The molecule has 3 aromatic carbocycles. The minimum atomic E-state index is -1.80. The van der Waals surface area contributed by atoms with Gasteiger partial charge in [0.25, 0.3) is 11.6 Å². The molecule has 178 valence electrons. The standard InChI is InChI=1S/C27H19N3O5S/c31-23-17-8-1-2-9-18(17)24(32)26(23)22(15-6-5-7-16(12-15)30(34)35)21-13-36-14-29(21)27(26)19-10-3-4-11-20(19)28-25(27)33/h1-12,21-22H,13-14H2,(H,28,33)/t21-,22-,27-/m0/s1. The number of ketones is 2. The van der Waals surface area contributed by atoms with Gasteiger partial charge in [0.15, 0.2) is 17.1 Å². The van der Waals surface area contributed by atoms with Gasteiger partial charge in [-0.05, 0) is 11.6 Å². The Morgan fingerprint density at radius 1 is 0.944 bits per heavy atom. The maximum Gasteiger partial charge on any atom is 0.269 e. The van der Waals surface area contributed by atoms with Gasteiger partial charge < -0.3 is 5.32 Å². The van der Waals surface area contributed by atoms with E-state index in [2.05, 4.69) is 5.32 Å². The Hall–Kier alpha value is -3.82. The second kappa shape index (κ2) is 7.11. The molecule has 0 radical (unpaired) electrons. The van der Waals surface area contributed by atoms with Crippen molar-refractivity contribution in [3.05, 3.63) is 105 Å². The molecule has 3 heterocycles. The Morgan fingerprint density at radius 2 is 1.64 bits per heavy atom. The Bertz CT molecular complexity index is 1500. The molecule has 3 atom stereocenters. The first kappa shape index (κ1) is 21.5. The summed E-state index contributed by atoms with van der Waals surface area (Å²) in [6.07, 6.45) is 0. The third-order valence-corrected chi connectivity index (χ3v) is 9.28. The van der Waals surface area contributed by atoms with Crippen LogP contribution in [0.25, 0.3) is 0 Å². The highest BCUT2D eigenvalue weighted by molar-refractivity contribution is 7.99. The zero-order valence-corrected chi connectivity index (χ0v) is 19.7. The van der Waals surface area contributed by atoms with Crippen molar-refractivity contribution in [1.29, 1.82) is 0 Å². The highest BCUT2D eigenvalue weighted by atomic mass is 32.2. The summed E-state index contributed by atoms with van der Waals surface area (Å²) in [4.78, 5) is 56.6. The van der Waals surface area contributed by atoms with Crippen molar-refractivity contribution in [2.24, 2.45) is 5.41 Å². The zero-order chi connectivity index (χ0) is 24.8. The lowest BCUT2D eigenvalue weighted by molar-refractivity contribution is -0.384. The van der Waals surface area contributed by atoms with Crippen LogP contribution in [0, 0.1) is 15.5 Å². The minimum Gasteiger partial charge on any atom is -0.324 e. The number of anilines is 1. The van der Waals surface area contributed by atoms with Crippen LogP contribution in [0.5, 0.6) is 0 Å². The molecule has 2 saturated heterocycles. The molecule has 2 fully saturated rings. The van der Waals surface area contributed by atoms with Crippen LogP contribution in [0.1, 0.15) is 37.8 Å². The first-order valence-electron chi connectivity index (χ1n) is 11.6. The number of hydrogen-bond acceptors (Lipinski definition) is 7. The van der Waals surface area contributed by atoms with E-state index in [0.29, 0.717) is 39.6 Å². The maximum atomic E-state index is 14.6. The maximum absolute atomic E-state index is 14.6. The van der Waals surface area contributed by atoms with Gasteiger partial charge in [0.2, 0.25) is 0 Å². The lowest BCUT2D eigenvalue weighted by atomic mass is 9.57. The van der Waals surface area contributed by atoms with Crippen LogP contribution >= 0.6 is 11.8 Å². The van der Waals surface area contributed by atoms with Crippen LogP contribution in [0.2, 0.25) is 0 Å². The van der Waals surface area contributed by atoms with Gasteiger partial charge in [-0.1, -0.05) is 54.6 Å². The number of amides is 1.